The molecule has 1 aromatic heterocycles. The zero-order chi connectivity index (χ0) is 13.8. The summed E-state index contributed by atoms with van der Waals surface area (Å²) in [5, 5.41) is 7.79. The molecule has 0 amide bonds. The molecule has 0 spiro atoms. The summed E-state index contributed by atoms with van der Waals surface area (Å²) in [5.41, 5.74) is 7.06. The van der Waals surface area contributed by atoms with E-state index in [2.05, 4.69) is 20.2 Å². The van der Waals surface area contributed by atoms with E-state index in [1.807, 2.05) is 18.2 Å². The van der Waals surface area contributed by atoms with Crippen LogP contribution in [0.2, 0.25) is 0 Å². The van der Waals surface area contributed by atoms with Gasteiger partial charge in [0.25, 0.3) is 0 Å². The third kappa shape index (κ3) is 2.56. The number of nitrogens with zero attached hydrogens (tertiary/aromatic N) is 4. The highest BCUT2D eigenvalue weighted by Crippen LogP contribution is 2.31. The van der Waals surface area contributed by atoms with Gasteiger partial charge in [0.05, 0.1) is 12.4 Å². The van der Waals surface area contributed by atoms with Gasteiger partial charge in [-0.3, -0.25) is 4.98 Å². The fraction of sp³-hybridized carbons (Fsp3) is 0.0769. The van der Waals surface area contributed by atoms with Crippen molar-refractivity contribution < 1.29 is 9.47 Å². The highest BCUT2D eigenvalue weighted by Gasteiger charge is 2.12. The Morgan fingerprint density at radius 3 is 3.00 bits per heavy atom. The minimum Gasteiger partial charge on any atom is -0.454 e. The van der Waals surface area contributed by atoms with Crippen molar-refractivity contribution in [1.82, 2.24) is 9.97 Å². The molecule has 3 rings (SSSR count). The first-order valence-electron chi connectivity index (χ1n) is 5.85. The number of hydrogen-bond acceptors (Lipinski definition) is 6. The smallest absolute Gasteiger partial charge is 0.231 e. The number of amidine groups is 1. The number of ether oxygens (including phenoxy) is 2. The molecule has 1 aliphatic heterocycles. The molecule has 0 bridgehead atoms. The Morgan fingerprint density at radius 2 is 2.15 bits per heavy atom. The second-order valence-corrected chi connectivity index (χ2v) is 3.93. The van der Waals surface area contributed by atoms with Crippen LogP contribution in [0.3, 0.4) is 0 Å². The van der Waals surface area contributed by atoms with E-state index in [0.717, 1.165) is 11.3 Å². The van der Waals surface area contributed by atoms with E-state index in [1.54, 1.807) is 18.6 Å². The largest absolute Gasteiger partial charge is 0.454 e. The summed E-state index contributed by atoms with van der Waals surface area (Å²) in [6.07, 6.45) is 6.20. The molecule has 2 N–H and O–H groups in total. The van der Waals surface area contributed by atoms with Crippen molar-refractivity contribution in [1.29, 1.82) is 0 Å². The number of fused-ring (bicyclic) bond motifs is 1. The maximum Gasteiger partial charge on any atom is 0.231 e. The molecule has 1 aliphatic rings. The third-order valence-electron chi connectivity index (χ3n) is 2.59. The SMILES string of the molecule is N/C(=N\N=C\c1ccc2c(c1)OCO2)c1cnccn1. The lowest BCUT2D eigenvalue weighted by atomic mass is 10.2. The van der Waals surface area contributed by atoms with Gasteiger partial charge in [-0.05, 0) is 23.8 Å². The van der Waals surface area contributed by atoms with Gasteiger partial charge >= 0.3 is 0 Å². The first-order chi connectivity index (χ1) is 9.83. The third-order valence-corrected chi connectivity index (χ3v) is 2.59. The molecule has 7 nitrogen and oxygen atoms in total. The molecule has 2 aromatic rings. The molecule has 0 saturated heterocycles. The van der Waals surface area contributed by atoms with Gasteiger partial charge < -0.3 is 15.2 Å². The van der Waals surface area contributed by atoms with Crippen LogP contribution in [0.5, 0.6) is 11.5 Å². The van der Waals surface area contributed by atoms with Gasteiger partial charge in [0.2, 0.25) is 6.79 Å². The van der Waals surface area contributed by atoms with Gasteiger partial charge in [-0.15, -0.1) is 5.10 Å². The first-order valence-corrected chi connectivity index (χ1v) is 5.85. The monoisotopic (exact) mass is 269 g/mol. The van der Waals surface area contributed by atoms with Crippen LogP contribution in [0.15, 0.2) is 47.0 Å². The van der Waals surface area contributed by atoms with Crippen molar-refractivity contribution in [2.75, 3.05) is 6.79 Å². The van der Waals surface area contributed by atoms with Gasteiger partial charge in [0.1, 0.15) is 5.69 Å². The Kier molecular flexibility index (Phi) is 3.24. The van der Waals surface area contributed by atoms with E-state index >= 15 is 0 Å². The Labute approximate surface area is 114 Å². The molecule has 0 aliphatic carbocycles. The standard InChI is InChI=1S/C13H11N5O2/c14-13(10-7-15-3-4-16-10)18-17-6-9-1-2-11-12(5-9)20-8-19-11/h1-7H,8H2,(H2,14,18)/b17-6+. The molecule has 0 atom stereocenters. The Bertz CT molecular complexity index is 670. The Balaban J connectivity index is 1.74. The van der Waals surface area contributed by atoms with Gasteiger partial charge in [-0.2, -0.15) is 5.10 Å². The molecule has 20 heavy (non-hydrogen) atoms. The van der Waals surface area contributed by atoms with Crippen LogP contribution in [0.1, 0.15) is 11.3 Å². The fourth-order valence-corrected chi connectivity index (χ4v) is 1.63. The lowest BCUT2D eigenvalue weighted by Gasteiger charge is -1.97. The number of aromatic nitrogens is 2. The van der Waals surface area contributed by atoms with Crippen LogP contribution in [-0.4, -0.2) is 28.8 Å². The Hall–Kier alpha value is -2.96. The van der Waals surface area contributed by atoms with Crippen LogP contribution in [-0.2, 0) is 0 Å². The average molecular weight is 269 g/mol. The van der Waals surface area contributed by atoms with E-state index in [-0.39, 0.29) is 12.6 Å². The maximum absolute atomic E-state index is 5.74. The summed E-state index contributed by atoms with van der Waals surface area (Å²) in [7, 11) is 0. The molecular weight excluding hydrogens is 258 g/mol. The van der Waals surface area contributed by atoms with Crippen LogP contribution in [0, 0.1) is 0 Å². The number of nitrogens with two attached hydrogens (primary N) is 1. The lowest BCUT2D eigenvalue weighted by Crippen LogP contribution is -2.14. The van der Waals surface area contributed by atoms with Crippen molar-refractivity contribution >= 4 is 12.1 Å². The van der Waals surface area contributed by atoms with Gasteiger partial charge in [0.15, 0.2) is 17.3 Å². The zero-order valence-corrected chi connectivity index (χ0v) is 10.4. The summed E-state index contributed by atoms with van der Waals surface area (Å²) in [5.74, 6) is 1.62. The van der Waals surface area contributed by atoms with Crippen LogP contribution >= 0.6 is 0 Å². The zero-order valence-electron chi connectivity index (χ0n) is 10.4. The van der Waals surface area contributed by atoms with Crippen molar-refractivity contribution in [3.05, 3.63) is 48.0 Å². The van der Waals surface area contributed by atoms with Crippen LogP contribution < -0.4 is 15.2 Å². The van der Waals surface area contributed by atoms with Crippen molar-refractivity contribution in [2.24, 2.45) is 15.9 Å². The normalized spacial score (nSPS) is 13.9. The van der Waals surface area contributed by atoms with E-state index < -0.39 is 0 Å². The van der Waals surface area contributed by atoms with Gasteiger partial charge in [-0.25, -0.2) is 4.98 Å². The summed E-state index contributed by atoms with van der Waals surface area (Å²) in [6, 6.07) is 5.49. The fourth-order valence-electron chi connectivity index (χ4n) is 1.63. The number of rotatable bonds is 3. The number of hydrogen-bond donors (Lipinski definition) is 1. The molecule has 7 heteroatoms. The molecule has 0 unspecified atom stereocenters. The lowest BCUT2D eigenvalue weighted by molar-refractivity contribution is 0.174. The highest BCUT2D eigenvalue weighted by atomic mass is 16.7. The molecule has 0 saturated carbocycles. The van der Waals surface area contributed by atoms with Crippen LogP contribution in [0.4, 0.5) is 0 Å². The van der Waals surface area contributed by atoms with Crippen molar-refractivity contribution in [3.63, 3.8) is 0 Å². The molecule has 1 aromatic carbocycles. The average Bonchev–Trinajstić information content (AvgIpc) is 2.95. The second-order valence-electron chi connectivity index (χ2n) is 3.93. The van der Waals surface area contributed by atoms with E-state index in [1.165, 1.54) is 6.20 Å². The maximum atomic E-state index is 5.74. The summed E-state index contributed by atoms with van der Waals surface area (Å²) in [6.45, 7) is 0.244. The quantitative estimate of drug-likeness (QED) is 0.508. The van der Waals surface area contributed by atoms with E-state index in [0.29, 0.717) is 11.4 Å². The molecule has 100 valence electrons. The number of benzene rings is 1. The van der Waals surface area contributed by atoms with Gasteiger partial charge in [0, 0.05) is 12.4 Å². The predicted molar refractivity (Wildman–Crippen MR) is 72.9 cm³/mol. The van der Waals surface area contributed by atoms with E-state index in [9.17, 15) is 0 Å². The van der Waals surface area contributed by atoms with Crippen molar-refractivity contribution in [2.45, 2.75) is 0 Å². The Morgan fingerprint density at radius 1 is 1.25 bits per heavy atom. The topological polar surface area (TPSA) is 95.0 Å². The van der Waals surface area contributed by atoms with Crippen molar-refractivity contribution in [3.8, 4) is 11.5 Å². The minimum atomic E-state index is 0.204. The minimum absolute atomic E-state index is 0.204. The second kappa shape index (κ2) is 5.35. The highest BCUT2D eigenvalue weighted by molar-refractivity contribution is 5.95. The summed E-state index contributed by atoms with van der Waals surface area (Å²) in [4.78, 5) is 7.93. The molecular formula is C13H11N5O2. The van der Waals surface area contributed by atoms with Crippen LogP contribution in [0.25, 0.3) is 0 Å². The molecule has 0 fully saturated rings. The predicted octanol–water partition coefficient (Wildman–Crippen LogP) is 0.945. The first kappa shape index (κ1) is 12.1. The van der Waals surface area contributed by atoms with E-state index in [4.69, 9.17) is 15.2 Å². The molecule has 0 radical (unpaired) electrons. The summed E-state index contributed by atoms with van der Waals surface area (Å²) >= 11 is 0. The summed E-state index contributed by atoms with van der Waals surface area (Å²) < 4.78 is 10.5. The molecule has 2 heterocycles. The van der Waals surface area contributed by atoms with Gasteiger partial charge in [-0.1, -0.05) is 0 Å².